The Hall–Kier alpha value is -1.48. The molecule has 0 fully saturated rings. The molecule has 1 heterocycles. The Morgan fingerprint density at radius 3 is 2.17 bits per heavy atom. The van der Waals surface area contributed by atoms with Crippen molar-refractivity contribution in [1.82, 2.24) is 0 Å². The van der Waals surface area contributed by atoms with Gasteiger partial charge in [-0.1, -0.05) is 30.3 Å². The zero-order valence-electron chi connectivity index (χ0n) is 10.6. The van der Waals surface area contributed by atoms with Crippen LogP contribution in [0.1, 0.15) is 21.5 Å². The van der Waals surface area contributed by atoms with Crippen LogP contribution in [0.15, 0.2) is 48.8 Å². The second-order valence-electron chi connectivity index (χ2n) is 4.35. The summed E-state index contributed by atoms with van der Waals surface area (Å²) in [6.07, 6.45) is 3.99. The molecule has 2 aromatic rings. The van der Waals surface area contributed by atoms with E-state index in [1.165, 1.54) is 11.1 Å². The van der Waals surface area contributed by atoms with Crippen molar-refractivity contribution < 1.29 is 9.36 Å². The number of hydrogen-bond donors (Lipinski definition) is 0. The van der Waals surface area contributed by atoms with E-state index in [4.69, 9.17) is 0 Å². The topological polar surface area (TPSA) is 20.9 Å². The van der Waals surface area contributed by atoms with Crippen molar-refractivity contribution in [1.29, 1.82) is 0 Å². The van der Waals surface area contributed by atoms with E-state index in [0.717, 1.165) is 5.56 Å². The number of ketones is 1. The van der Waals surface area contributed by atoms with Gasteiger partial charge in [-0.05, 0) is 19.9 Å². The quantitative estimate of drug-likeness (QED) is 0.631. The number of aromatic nitrogens is 1. The molecular weight excluding hydrogens is 290 g/mol. The van der Waals surface area contributed by atoms with Crippen LogP contribution in [0.4, 0.5) is 0 Å². The number of aryl methyl sites for hydroxylation is 2. The first kappa shape index (κ1) is 14.6. The zero-order chi connectivity index (χ0) is 12.3. The summed E-state index contributed by atoms with van der Waals surface area (Å²) in [5, 5.41) is 0. The second-order valence-corrected chi connectivity index (χ2v) is 4.35. The molecule has 2 rings (SSSR count). The molecule has 1 aromatic carbocycles. The van der Waals surface area contributed by atoms with Crippen molar-refractivity contribution >= 4 is 22.8 Å². The summed E-state index contributed by atoms with van der Waals surface area (Å²) in [6, 6.07) is 11.5. The predicted octanol–water partition coefficient (Wildman–Crippen LogP) is 3.05. The monoisotopic (exact) mass is 306 g/mol. The number of halogens is 1. The van der Waals surface area contributed by atoms with Gasteiger partial charge in [0.05, 0.1) is 0 Å². The van der Waals surface area contributed by atoms with Crippen molar-refractivity contribution in [2.75, 3.05) is 0 Å². The highest BCUT2D eigenvalue weighted by molar-refractivity contribution is 8.93. The van der Waals surface area contributed by atoms with Crippen molar-refractivity contribution in [2.45, 2.75) is 20.4 Å². The van der Waals surface area contributed by atoms with Crippen LogP contribution in [0.3, 0.4) is 0 Å². The third-order valence-corrected chi connectivity index (χ3v) is 2.62. The number of rotatable bonds is 3. The van der Waals surface area contributed by atoms with Crippen LogP contribution in [0.2, 0.25) is 0 Å². The van der Waals surface area contributed by atoms with Gasteiger partial charge in [0.15, 0.2) is 12.4 Å². The number of nitrogens with zero attached hydrogens (tertiary/aromatic N) is 1. The molecule has 0 aliphatic rings. The number of carbonyl (C=O) groups is 1. The third kappa shape index (κ3) is 3.77. The molecule has 0 saturated carbocycles. The summed E-state index contributed by atoms with van der Waals surface area (Å²) in [5.41, 5.74) is 3.11. The maximum absolute atomic E-state index is 12.0. The average Bonchev–Trinajstić information content (AvgIpc) is 2.28. The Morgan fingerprint density at radius 1 is 1.06 bits per heavy atom. The van der Waals surface area contributed by atoms with Gasteiger partial charge in [0.25, 0.3) is 0 Å². The second kappa shape index (κ2) is 6.45. The highest BCUT2D eigenvalue weighted by Crippen LogP contribution is 2.01. The van der Waals surface area contributed by atoms with Gasteiger partial charge in [-0.25, -0.2) is 0 Å². The predicted molar refractivity (Wildman–Crippen MR) is 77.2 cm³/mol. The van der Waals surface area contributed by atoms with Crippen molar-refractivity contribution in [2.24, 2.45) is 0 Å². The lowest BCUT2D eigenvalue weighted by Gasteiger charge is -2.00. The molecule has 1 aromatic heterocycles. The summed E-state index contributed by atoms with van der Waals surface area (Å²) in [4.78, 5) is 12.0. The fraction of sp³-hybridized carbons (Fsp3) is 0.200. The minimum absolute atomic E-state index is 0. The van der Waals surface area contributed by atoms with Gasteiger partial charge in [0.2, 0.25) is 12.3 Å². The minimum atomic E-state index is 0. The first-order valence-electron chi connectivity index (χ1n) is 5.71. The van der Waals surface area contributed by atoms with Crippen LogP contribution in [0.5, 0.6) is 0 Å². The van der Waals surface area contributed by atoms with E-state index in [2.05, 4.69) is 6.07 Å². The SMILES string of the molecule is Br.Cc1cc(C)c[n+](CC(=O)c2ccccc2)c1. The number of carbonyl (C=O) groups excluding carboxylic acids is 1. The van der Waals surface area contributed by atoms with Crippen LogP contribution in [0, 0.1) is 13.8 Å². The smallest absolute Gasteiger partial charge is 0.227 e. The highest BCUT2D eigenvalue weighted by atomic mass is 79.9. The van der Waals surface area contributed by atoms with Gasteiger partial charge < -0.3 is 0 Å². The molecule has 0 N–H and O–H groups in total. The molecule has 0 saturated heterocycles. The number of Topliss-reactive ketones (excluding diaryl/α,β-unsaturated/α-hetero) is 1. The first-order chi connectivity index (χ1) is 8.15. The van der Waals surface area contributed by atoms with E-state index in [1.807, 2.05) is 61.1 Å². The highest BCUT2D eigenvalue weighted by Gasteiger charge is 2.12. The van der Waals surface area contributed by atoms with Gasteiger partial charge in [-0.3, -0.25) is 4.79 Å². The average molecular weight is 307 g/mol. The Labute approximate surface area is 118 Å². The molecular formula is C15H17BrNO+. The lowest BCUT2D eigenvalue weighted by atomic mass is 10.1. The van der Waals surface area contributed by atoms with E-state index in [0.29, 0.717) is 6.54 Å². The number of benzene rings is 1. The largest absolute Gasteiger partial charge is 0.287 e. The molecule has 2 nitrogen and oxygen atoms in total. The van der Waals surface area contributed by atoms with E-state index >= 15 is 0 Å². The molecule has 94 valence electrons. The van der Waals surface area contributed by atoms with E-state index in [-0.39, 0.29) is 22.8 Å². The molecule has 0 unspecified atom stereocenters. The normalized spacial score (nSPS) is 9.67. The van der Waals surface area contributed by atoms with Crippen LogP contribution in [0.25, 0.3) is 0 Å². The van der Waals surface area contributed by atoms with Crippen LogP contribution >= 0.6 is 17.0 Å². The number of pyridine rings is 1. The lowest BCUT2D eigenvalue weighted by molar-refractivity contribution is -0.683. The fourth-order valence-electron chi connectivity index (χ4n) is 1.97. The summed E-state index contributed by atoms with van der Waals surface area (Å²) in [6.45, 7) is 4.47. The Morgan fingerprint density at radius 2 is 1.61 bits per heavy atom. The molecule has 3 heteroatoms. The van der Waals surface area contributed by atoms with Gasteiger partial charge in [0, 0.05) is 16.7 Å². The summed E-state index contributed by atoms with van der Waals surface area (Å²) in [5.74, 6) is 0.139. The summed E-state index contributed by atoms with van der Waals surface area (Å²) < 4.78 is 1.94. The van der Waals surface area contributed by atoms with Crippen molar-refractivity contribution in [3.63, 3.8) is 0 Å². The third-order valence-electron chi connectivity index (χ3n) is 2.62. The van der Waals surface area contributed by atoms with Crippen LogP contribution < -0.4 is 4.57 Å². The number of hydrogen-bond acceptors (Lipinski definition) is 1. The molecule has 0 aliphatic carbocycles. The fourth-order valence-corrected chi connectivity index (χ4v) is 1.97. The van der Waals surface area contributed by atoms with Crippen LogP contribution in [-0.2, 0) is 6.54 Å². The summed E-state index contributed by atoms with van der Waals surface area (Å²) >= 11 is 0. The minimum Gasteiger partial charge on any atom is -0.287 e. The zero-order valence-corrected chi connectivity index (χ0v) is 12.3. The molecule has 0 bridgehead atoms. The van der Waals surface area contributed by atoms with Gasteiger partial charge >= 0.3 is 0 Å². The van der Waals surface area contributed by atoms with E-state index in [9.17, 15) is 4.79 Å². The van der Waals surface area contributed by atoms with Gasteiger partial charge in [-0.2, -0.15) is 4.57 Å². The molecule has 18 heavy (non-hydrogen) atoms. The Bertz CT molecular complexity index is 517. The standard InChI is InChI=1S/C15H16NO.BrH/c1-12-8-13(2)10-16(9-12)11-15(17)14-6-4-3-5-7-14;/h3-10H,11H2,1-2H3;1H/q+1;. The van der Waals surface area contributed by atoms with Gasteiger partial charge in [0.1, 0.15) is 0 Å². The maximum Gasteiger partial charge on any atom is 0.227 e. The molecule has 0 spiro atoms. The molecule has 0 atom stereocenters. The van der Waals surface area contributed by atoms with Crippen molar-refractivity contribution in [3.05, 3.63) is 65.5 Å². The lowest BCUT2D eigenvalue weighted by Crippen LogP contribution is -2.38. The molecule has 0 radical (unpaired) electrons. The summed E-state index contributed by atoms with van der Waals surface area (Å²) in [7, 11) is 0. The molecule has 0 amide bonds. The van der Waals surface area contributed by atoms with E-state index in [1.54, 1.807) is 0 Å². The van der Waals surface area contributed by atoms with Crippen LogP contribution in [-0.4, -0.2) is 5.78 Å². The van der Waals surface area contributed by atoms with Crippen molar-refractivity contribution in [3.8, 4) is 0 Å². The maximum atomic E-state index is 12.0. The molecule has 0 aliphatic heterocycles. The van der Waals surface area contributed by atoms with Gasteiger partial charge in [-0.15, -0.1) is 17.0 Å². The Balaban J connectivity index is 0.00000162. The van der Waals surface area contributed by atoms with E-state index < -0.39 is 0 Å². The first-order valence-corrected chi connectivity index (χ1v) is 5.71. The Kier molecular flexibility index (Phi) is 5.23.